The van der Waals surface area contributed by atoms with Gasteiger partial charge in [-0.15, -0.1) is 0 Å². The third-order valence-electron chi connectivity index (χ3n) is 4.87. The average molecular weight is 369 g/mol. The van der Waals surface area contributed by atoms with Gasteiger partial charge in [0.1, 0.15) is 5.82 Å². The molecule has 1 heterocycles. The monoisotopic (exact) mass is 369 g/mol. The van der Waals surface area contributed by atoms with Crippen LogP contribution in [0.3, 0.4) is 0 Å². The highest BCUT2D eigenvalue weighted by Crippen LogP contribution is 2.25. The standard InChI is InChI=1S/C24H23N3O/c1-17-10-12-19(13-11-17)23-26-21-8-3-4-9-22(21)27(23)15-14-25-24(28)20-7-5-6-18(2)16-20/h3-13,16H,14-15H2,1-2H3,(H,25,28). The zero-order valence-corrected chi connectivity index (χ0v) is 16.1. The van der Waals surface area contributed by atoms with E-state index in [4.69, 9.17) is 4.98 Å². The van der Waals surface area contributed by atoms with Crippen LogP contribution in [0.5, 0.6) is 0 Å². The Hall–Kier alpha value is -3.40. The molecule has 0 saturated carbocycles. The molecule has 1 N–H and O–H groups in total. The number of aryl methyl sites for hydroxylation is 2. The lowest BCUT2D eigenvalue weighted by Gasteiger charge is -2.11. The lowest BCUT2D eigenvalue weighted by molar-refractivity contribution is 0.0952. The number of carbonyl (C=O) groups excluding carboxylic acids is 1. The third kappa shape index (κ3) is 3.67. The SMILES string of the molecule is Cc1ccc(-c2nc3ccccc3n2CCNC(=O)c2cccc(C)c2)cc1. The predicted octanol–water partition coefficient (Wildman–Crippen LogP) is 4.75. The van der Waals surface area contributed by atoms with Crippen LogP contribution in [0.15, 0.2) is 72.8 Å². The van der Waals surface area contributed by atoms with E-state index in [2.05, 4.69) is 47.1 Å². The van der Waals surface area contributed by atoms with Gasteiger partial charge in [-0.1, -0.05) is 59.7 Å². The molecule has 4 heteroatoms. The molecule has 0 aliphatic heterocycles. The minimum Gasteiger partial charge on any atom is -0.350 e. The lowest BCUT2D eigenvalue weighted by Crippen LogP contribution is -2.27. The number of nitrogens with zero attached hydrogens (tertiary/aromatic N) is 2. The van der Waals surface area contributed by atoms with E-state index >= 15 is 0 Å². The number of benzene rings is 3. The fraction of sp³-hybridized carbons (Fsp3) is 0.167. The molecular weight excluding hydrogens is 346 g/mol. The maximum atomic E-state index is 12.4. The number of hydrogen-bond donors (Lipinski definition) is 1. The van der Waals surface area contributed by atoms with Crippen molar-refractivity contribution in [2.75, 3.05) is 6.54 Å². The van der Waals surface area contributed by atoms with Gasteiger partial charge in [0.15, 0.2) is 0 Å². The Morgan fingerprint density at radius 2 is 1.71 bits per heavy atom. The van der Waals surface area contributed by atoms with Crippen LogP contribution in [0.4, 0.5) is 0 Å². The molecule has 1 aromatic heterocycles. The highest BCUT2D eigenvalue weighted by molar-refractivity contribution is 5.94. The fourth-order valence-corrected chi connectivity index (χ4v) is 3.39. The van der Waals surface area contributed by atoms with Gasteiger partial charge in [-0.25, -0.2) is 4.98 Å². The summed E-state index contributed by atoms with van der Waals surface area (Å²) in [6.07, 6.45) is 0. The van der Waals surface area contributed by atoms with E-state index in [1.165, 1.54) is 5.56 Å². The van der Waals surface area contributed by atoms with Crippen LogP contribution in [0.2, 0.25) is 0 Å². The molecule has 0 aliphatic carbocycles. The van der Waals surface area contributed by atoms with Crippen LogP contribution < -0.4 is 5.32 Å². The first kappa shape index (κ1) is 18.0. The summed E-state index contributed by atoms with van der Waals surface area (Å²) in [5, 5.41) is 3.03. The first-order valence-corrected chi connectivity index (χ1v) is 9.49. The zero-order chi connectivity index (χ0) is 19.5. The smallest absolute Gasteiger partial charge is 0.251 e. The first-order chi connectivity index (χ1) is 13.6. The Morgan fingerprint density at radius 3 is 2.50 bits per heavy atom. The number of amides is 1. The predicted molar refractivity (Wildman–Crippen MR) is 113 cm³/mol. The van der Waals surface area contributed by atoms with Crippen LogP contribution in [-0.2, 0) is 6.54 Å². The molecule has 0 unspecified atom stereocenters. The molecule has 0 spiro atoms. The number of aromatic nitrogens is 2. The van der Waals surface area contributed by atoms with Crippen molar-refractivity contribution in [3.8, 4) is 11.4 Å². The van der Waals surface area contributed by atoms with Crippen LogP contribution in [0.25, 0.3) is 22.4 Å². The Labute approximate surface area is 164 Å². The largest absolute Gasteiger partial charge is 0.350 e. The molecule has 3 aromatic carbocycles. The number of carbonyl (C=O) groups is 1. The van der Waals surface area contributed by atoms with Crippen molar-refractivity contribution < 1.29 is 4.79 Å². The van der Waals surface area contributed by atoms with Gasteiger partial charge in [0.05, 0.1) is 11.0 Å². The van der Waals surface area contributed by atoms with Crippen molar-refractivity contribution in [2.24, 2.45) is 0 Å². The first-order valence-electron chi connectivity index (χ1n) is 9.49. The van der Waals surface area contributed by atoms with Gasteiger partial charge >= 0.3 is 0 Å². The van der Waals surface area contributed by atoms with E-state index in [0.717, 1.165) is 28.0 Å². The van der Waals surface area contributed by atoms with Crippen molar-refractivity contribution >= 4 is 16.9 Å². The maximum absolute atomic E-state index is 12.4. The van der Waals surface area contributed by atoms with Crippen LogP contribution >= 0.6 is 0 Å². The second-order valence-corrected chi connectivity index (χ2v) is 7.07. The second kappa shape index (κ2) is 7.69. The van der Waals surface area contributed by atoms with E-state index < -0.39 is 0 Å². The van der Waals surface area contributed by atoms with Crippen LogP contribution in [0.1, 0.15) is 21.5 Å². The summed E-state index contributed by atoms with van der Waals surface area (Å²) >= 11 is 0. The van der Waals surface area contributed by atoms with E-state index in [0.29, 0.717) is 18.7 Å². The molecule has 0 saturated heterocycles. The lowest BCUT2D eigenvalue weighted by atomic mass is 10.1. The molecule has 0 bridgehead atoms. The van der Waals surface area contributed by atoms with E-state index in [9.17, 15) is 4.79 Å². The molecule has 4 rings (SSSR count). The van der Waals surface area contributed by atoms with Crippen molar-refractivity contribution in [1.29, 1.82) is 0 Å². The molecule has 4 nitrogen and oxygen atoms in total. The number of hydrogen-bond acceptors (Lipinski definition) is 2. The van der Waals surface area contributed by atoms with Gasteiger partial charge in [0, 0.05) is 24.2 Å². The second-order valence-electron chi connectivity index (χ2n) is 7.07. The number of fused-ring (bicyclic) bond motifs is 1. The molecule has 0 atom stereocenters. The summed E-state index contributed by atoms with van der Waals surface area (Å²) in [4.78, 5) is 17.3. The number of para-hydroxylation sites is 2. The molecular formula is C24H23N3O. The van der Waals surface area contributed by atoms with Gasteiger partial charge in [-0.3, -0.25) is 4.79 Å². The quantitative estimate of drug-likeness (QED) is 0.552. The molecule has 140 valence electrons. The molecule has 0 fully saturated rings. The van der Waals surface area contributed by atoms with Crippen molar-refractivity contribution in [2.45, 2.75) is 20.4 Å². The summed E-state index contributed by atoms with van der Waals surface area (Å²) in [7, 11) is 0. The van der Waals surface area contributed by atoms with Gasteiger partial charge in [0.25, 0.3) is 5.91 Å². The van der Waals surface area contributed by atoms with Gasteiger partial charge in [-0.2, -0.15) is 0 Å². The number of rotatable bonds is 5. The van der Waals surface area contributed by atoms with E-state index in [1.54, 1.807) is 0 Å². The summed E-state index contributed by atoms with van der Waals surface area (Å²) < 4.78 is 2.18. The van der Waals surface area contributed by atoms with Gasteiger partial charge in [0.2, 0.25) is 0 Å². The molecule has 0 radical (unpaired) electrons. The number of nitrogens with one attached hydrogen (secondary N) is 1. The summed E-state index contributed by atoms with van der Waals surface area (Å²) in [6, 6.07) is 24.1. The Bertz CT molecular complexity index is 1130. The topological polar surface area (TPSA) is 46.9 Å². The Balaban J connectivity index is 1.58. The van der Waals surface area contributed by atoms with Crippen molar-refractivity contribution in [3.05, 3.63) is 89.5 Å². The van der Waals surface area contributed by atoms with Crippen LogP contribution in [0, 0.1) is 13.8 Å². The Morgan fingerprint density at radius 1 is 0.929 bits per heavy atom. The summed E-state index contributed by atoms with van der Waals surface area (Å²) in [6.45, 7) is 5.25. The molecule has 4 aromatic rings. The summed E-state index contributed by atoms with van der Waals surface area (Å²) in [5.74, 6) is 0.871. The van der Waals surface area contributed by atoms with Crippen LogP contribution in [-0.4, -0.2) is 22.0 Å². The van der Waals surface area contributed by atoms with E-state index in [-0.39, 0.29) is 5.91 Å². The van der Waals surface area contributed by atoms with Crippen molar-refractivity contribution in [3.63, 3.8) is 0 Å². The van der Waals surface area contributed by atoms with Gasteiger partial charge < -0.3 is 9.88 Å². The highest BCUT2D eigenvalue weighted by Gasteiger charge is 2.13. The minimum atomic E-state index is -0.0509. The average Bonchev–Trinajstić information content (AvgIpc) is 3.07. The summed E-state index contributed by atoms with van der Waals surface area (Å²) in [5.41, 5.74) is 6.10. The van der Waals surface area contributed by atoms with Gasteiger partial charge in [-0.05, 0) is 38.1 Å². The zero-order valence-electron chi connectivity index (χ0n) is 16.1. The van der Waals surface area contributed by atoms with E-state index in [1.807, 2.05) is 49.4 Å². The molecule has 1 amide bonds. The number of imidazole rings is 1. The normalized spacial score (nSPS) is 10.9. The highest BCUT2D eigenvalue weighted by atomic mass is 16.1. The van der Waals surface area contributed by atoms with Crippen molar-refractivity contribution in [1.82, 2.24) is 14.9 Å². The molecule has 0 aliphatic rings. The Kier molecular flexibility index (Phi) is 4.94. The molecule has 28 heavy (non-hydrogen) atoms. The third-order valence-corrected chi connectivity index (χ3v) is 4.87. The minimum absolute atomic E-state index is 0.0509. The maximum Gasteiger partial charge on any atom is 0.251 e. The fourth-order valence-electron chi connectivity index (χ4n) is 3.39.